The molecule has 168 valence electrons. The summed E-state index contributed by atoms with van der Waals surface area (Å²) in [5, 5.41) is 3.03. The minimum Gasteiger partial charge on any atom is -0.494 e. The average Bonchev–Trinajstić information content (AvgIpc) is 2.74. The van der Waals surface area contributed by atoms with Crippen molar-refractivity contribution in [2.45, 2.75) is 65.0 Å². The molecule has 2 rings (SSSR count). The molecular formula is C26H36N2O3. The summed E-state index contributed by atoms with van der Waals surface area (Å²) in [4.78, 5) is 27.8. The monoisotopic (exact) mass is 424 g/mol. The highest BCUT2D eigenvalue weighted by atomic mass is 16.5. The third-order valence-corrected chi connectivity index (χ3v) is 4.92. The van der Waals surface area contributed by atoms with Crippen LogP contribution in [0.2, 0.25) is 0 Å². The van der Waals surface area contributed by atoms with Gasteiger partial charge in [-0.15, -0.1) is 0 Å². The van der Waals surface area contributed by atoms with Crippen molar-refractivity contribution in [2.24, 2.45) is 0 Å². The number of nitrogens with one attached hydrogen (secondary N) is 1. The summed E-state index contributed by atoms with van der Waals surface area (Å²) in [6, 6.07) is 19.2. The van der Waals surface area contributed by atoms with Gasteiger partial charge in [0, 0.05) is 18.5 Å². The first-order valence-electron chi connectivity index (χ1n) is 11.1. The lowest BCUT2D eigenvalue weighted by Crippen LogP contribution is -2.54. The molecule has 5 heteroatoms. The van der Waals surface area contributed by atoms with Crippen molar-refractivity contribution in [3.63, 3.8) is 0 Å². The molecule has 0 aliphatic heterocycles. The van der Waals surface area contributed by atoms with Crippen LogP contribution in [0.15, 0.2) is 60.7 Å². The van der Waals surface area contributed by atoms with Crippen LogP contribution >= 0.6 is 0 Å². The zero-order chi connectivity index (χ0) is 22.7. The number of ether oxygens (including phenoxy) is 1. The van der Waals surface area contributed by atoms with E-state index in [0.717, 1.165) is 11.3 Å². The van der Waals surface area contributed by atoms with Crippen LogP contribution in [-0.2, 0) is 16.0 Å². The largest absolute Gasteiger partial charge is 0.494 e. The van der Waals surface area contributed by atoms with E-state index >= 15 is 0 Å². The van der Waals surface area contributed by atoms with Gasteiger partial charge >= 0.3 is 0 Å². The summed E-state index contributed by atoms with van der Waals surface area (Å²) in [6.07, 6.45) is 2.24. The standard InChI is InChI=1S/C26H36N2O3/c1-5-23(25(30)27-26(2,3)4)28(19-18-21-13-8-6-9-14-21)24(29)17-12-20-31-22-15-10-7-11-16-22/h6-11,13-16,23H,5,12,17-20H2,1-4H3,(H,27,30). The van der Waals surface area contributed by atoms with Gasteiger partial charge in [0.1, 0.15) is 11.8 Å². The van der Waals surface area contributed by atoms with Gasteiger partial charge in [-0.1, -0.05) is 55.5 Å². The predicted molar refractivity (Wildman–Crippen MR) is 125 cm³/mol. The highest BCUT2D eigenvalue weighted by molar-refractivity contribution is 5.88. The maximum absolute atomic E-state index is 13.1. The van der Waals surface area contributed by atoms with Crippen molar-refractivity contribution in [1.29, 1.82) is 0 Å². The maximum Gasteiger partial charge on any atom is 0.243 e. The molecule has 0 fully saturated rings. The lowest BCUT2D eigenvalue weighted by Gasteiger charge is -2.33. The zero-order valence-corrected chi connectivity index (χ0v) is 19.3. The zero-order valence-electron chi connectivity index (χ0n) is 19.3. The number of para-hydroxylation sites is 1. The van der Waals surface area contributed by atoms with Gasteiger partial charge in [0.05, 0.1) is 6.61 Å². The minimum atomic E-state index is -0.481. The second kappa shape index (κ2) is 12.1. The molecule has 2 aromatic carbocycles. The van der Waals surface area contributed by atoms with Gasteiger partial charge in [-0.3, -0.25) is 9.59 Å². The van der Waals surface area contributed by atoms with E-state index in [2.05, 4.69) is 5.32 Å². The number of nitrogens with zero attached hydrogens (tertiary/aromatic N) is 1. The van der Waals surface area contributed by atoms with Gasteiger partial charge in [-0.05, 0) is 57.7 Å². The second-order valence-corrected chi connectivity index (χ2v) is 8.75. The quantitative estimate of drug-likeness (QED) is 0.536. The van der Waals surface area contributed by atoms with Crippen LogP contribution in [0.1, 0.15) is 52.5 Å². The molecule has 0 heterocycles. The highest BCUT2D eigenvalue weighted by Gasteiger charge is 2.30. The van der Waals surface area contributed by atoms with Crippen LogP contribution in [0.4, 0.5) is 0 Å². The molecule has 0 spiro atoms. The first-order valence-corrected chi connectivity index (χ1v) is 11.1. The van der Waals surface area contributed by atoms with E-state index in [0.29, 0.717) is 38.8 Å². The Kier molecular flexibility index (Phi) is 9.57. The number of rotatable bonds is 11. The van der Waals surface area contributed by atoms with Crippen molar-refractivity contribution in [3.05, 3.63) is 66.2 Å². The number of benzene rings is 2. The van der Waals surface area contributed by atoms with E-state index < -0.39 is 6.04 Å². The first-order chi connectivity index (χ1) is 14.8. The Bertz CT molecular complexity index is 800. The van der Waals surface area contributed by atoms with Crippen molar-refractivity contribution < 1.29 is 14.3 Å². The van der Waals surface area contributed by atoms with Gasteiger partial charge in [0.2, 0.25) is 11.8 Å². The Hall–Kier alpha value is -2.82. The summed E-state index contributed by atoms with van der Waals surface area (Å²) in [5.41, 5.74) is 0.807. The molecule has 0 aliphatic rings. The normalized spacial score (nSPS) is 12.1. The smallest absolute Gasteiger partial charge is 0.243 e. The predicted octanol–water partition coefficient (Wildman–Crippen LogP) is 4.61. The van der Waals surface area contributed by atoms with Gasteiger partial charge < -0.3 is 15.0 Å². The molecule has 0 aliphatic carbocycles. The Morgan fingerprint density at radius 2 is 1.61 bits per heavy atom. The molecule has 2 aromatic rings. The molecule has 1 unspecified atom stereocenters. The molecule has 1 N–H and O–H groups in total. The minimum absolute atomic E-state index is 0.0106. The number of carbonyl (C=O) groups is 2. The van der Waals surface area contributed by atoms with Crippen molar-refractivity contribution >= 4 is 11.8 Å². The fraction of sp³-hybridized carbons (Fsp3) is 0.462. The SMILES string of the molecule is CCC(C(=O)NC(C)(C)C)N(CCc1ccccc1)C(=O)CCCOc1ccccc1. The molecule has 0 saturated heterocycles. The third kappa shape index (κ3) is 8.83. The van der Waals surface area contributed by atoms with Gasteiger partial charge in [-0.25, -0.2) is 0 Å². The lowest BCUT2D eigenvalue weighted by atomic mass is 10.0. The Morgan fingerprint density at radius 3 is 2.19 bits per heavy atom. The third-order valence-electron chi connectivity index (χ3n) is 4.92. The van der Waals surface area contributed by atoms with Crippen molar-refractivity contribution in [1.82, 2.24) is 10.2 Å². The van der Waals surface area contributed by atoms with Crippen LogP contribution in [0, 0.1) is 0 Å². The van der Waals surface area contributed by atoms with E-state index in [9.17, 15) is 9.59 Å². The summed E-state index contributed by atoms with van der Waals surface area (Å²) >= 11 is 0. The fourth-order valence-electron chi connectivity index (χ4n) is 3.42. The van der Waals surface area contributed by atoms with E-state index in [4.69, 9.17) is 4.74 Å². The molecule has 31 heavy (non-hydrogen) atoms. The highest BCUT2D eigenvalue weighted by Crippen LogP contribution is 2.14. The average molecular weight is 425 g/mol. The lowest BCUT2D eigenvalue weighted by molar-refractivity contribution is -0.141. The number of hydrogen-bond donors (Lipinski definition) is 1. The van der Waals surface area contributed by atoms with Gasteiger partial charge in [0.15, 0.2) is 0 Å². The van der Waals surface area contributed by atoms with E-state index in [1.165, 1.54) is 0 Å². The molecule has 0 bridgehead atoms. The molecule has 0 saturated carbocycles. The Labute approximate surface area is 186 Å². The Morgan fingerprint density at radius 1 is 1.00 bits per heavy atom. The molecule has 1 atom stereocenters. The van der Waals surface area contributed by atoms with E-state index in [1.807, 2.05) is 88.4 Å². The second-order valence-electron chi connectivity index (χ2n) is 8.75. The van der Waals surface area contributed by atoms with E-state index in [-0.39, 0.29) is 17.4 Å². The number of carbonyl (C=O) groups excluding carboxylic acids is 2. The van der Waals surface area contributed by atoms with Crippen LogP contribution in [-0.4, -0.2) is 41.4 Å². The van der Waals surface area contributed by atoms with Crippen LogP contribution in [0.25, 0.3) is 0 Å². The van der Waals surface area contributed by atoms with Crippen LogP contribution in [0.5, 0.6) is 5.75 Å². The van der Waals surface area contributed by atoms with Crippen molar-refractivity contribution in [2.75, 3.05) is 13.2 Å². The summed E-state index contributed by atoms with van der Waals surface area (Å²) < 4.78 is 5.72. The summed E-state index contributed by atoms with van der Waals surface area (Å²) in [7, 11) is 0. The van der Waals surface area contributed by atoms with Crippen LogP contribution in [0.3, 0.4) is 0 Å². The number of amides is 2. The topological polar surface area (TPSA) is 58.6 Å². The summed E-state index contributed by atoms with van der Waals surface area (Å²) in [6.45, 7) is 8.79. The molecular weight excluding hydrogens is 388 g/mol. The fourth-order valence-corrected chi connectivity index (χ4v) is 3.42. The molecule has 0 radical (unpaired) electrons. The first kappa shape index (κ1) is 24.4. The van der Waals surface area contributed by atoms with Gasteiger partial charge in [-0.2, -0.15) is 0 Å². The molecule has 0 aromatic heterocycles. The Balaban J connectivity index is 2.01. The number of hydrogen-bond acceptors (Lipinski definition) is 3. The van der Waals surface area contributed by atoms with E-state index in [1.54, 1.807) is 4.90 Å². The molecule has 5 nitrogen and oxygen atoms in total. The van der Waals surface area contributed by atoms with Gasteiger partial charge in [0.25, 0.3) is 0 Å². The maximum atomic E-state index is 13.1. The van der Waals surface area contributed by atoms with Crippen LogP contribution < -0.4 is 10.1 Å². The molecule has 2 amide bonds. The summed E-state index contributed by atoms with van der Waals surface area (Å²) in [5.74, 6) is 0.687. The van der Waals surface area contributed by atoms with Crippen molar-refractivity contribution in [3.8, 4) is 5.75 Å².